The first-order valence-corrected chi connectivity index (χ1v) is 10.2. The summed E-state index contributed by atoms with van der Waals surface area (Å²) in [6.45, 7) is 4.31. The van der Waals surface area contributed by atoms with Gasteiger partial charge in [0.15, 0.2) is 0 Å². The van der Waals surface area contributed by atoms with Crippen molar-refractivity contribution in [3.63, 3.8) is 0 Å². The monoisotopic (exact) mass is 421 g/mol. The summed E-state index contributed by atoms with van der Waals surface area (Å²) in [7, 11) is 3.31. The SMILES string of the molecule is COc1ccc(N2CCN(Cc3nc(N)nc(Nc4cccc(OC)c4)n3)CC2)cc1. The fourth-order valence-corrected chi connectivity index (χ4v) is 3.55. The van der Waals surface area contributed by atoms with Crippen molar-refractivity contribution in [2.24, 2.45) is 0 Å². The van der Waals surface area contributed by atoms with Gasteiger partial charge in [0.25, 0.3) is 0 Å². The molecule has 1 aromatic heterocycles. The minimum absolute atomic E-state index is 0.201. The summed E-state index contributed by atoms with van der Waals surface area (Å²) in [5.41, 5.74) is 7.96. The number of methoxy groups -OCH3 is 2. The van der Waals surface area contributed by atoms with E-state index in [9.17, 15) is 0 Å². The van der Waals surface area contributed by atoms with Gasteiger partial charge in [-0.15, -0.1) is 0 Å². The van der Waals surface area contributed by atoms with Crippen LogP contribution in [0.1, 0.15) is 5.82 Å². The molecule has 0 radical (unpaired) electrons. The lowest BCUT2D eigenvalue weighted by molar-refractivity contribution is 0.244. The highest BCUT2D eigenvalue weighted by Gasteiger charge is 2.19. The number of hydrogen-bond acceptors (Lipinski definition) is 9. The van der Waals surface area contributed by atoms with Gasteiger partial charge in [-0.3, -0.25) is 4.90 Å². The normalized spacial score (nSPS) is 14.3. The molecule has 31 heavy (non-hydrogen) atoms. The third-order valence-electron chi connectivity index (χ3n) is 5.20. The maximum Gasteiger partial charge on any atom is 0.232 e. The molecule has 1 aliphatic heterocycles. The van der Waals surface area contributed by atoms with Crippen LogP contribution in [-0.2, 0) is 6.54 Å². The molecule has 3 aromatic rings. The molecule has 1 fully saturated rings. The Hall–Kier alpha value is -3.59. The molecule has 0 atom stereocenters. The van der Waals surface area contributed by atoms with Crippen LogP contribution in [0.15, 0.2) is 48.5 Å². The van der Waals surface area contributed by atoms with Gasteiger partial charge in [0, 0.05) is 43.6 Å². The molecule has 1 saturated heterocycles. The molecule has 0 amide bonds. The number of benzene rings is 2. The minimum Gasteiger partial charge on any atom is -0.497 e. The molecule has 3 N–H and O–H groups in total. The van der Waals surface area contributed by atoms with Gasteiger partial charge in [-0.1, -0.05) is 6.07 Å². The maximum atomic E-state index is 5.93. The zero-order valence-electron chi connectivity index (χ0n) is 17.8. The number of nitrogen functional groups attached to an aromatic ring is 1. The van der Waals surface area contributed by atoms with Gasteiger partial charge in [-0.05, 0) is 36.4 Å². The number of nitrogens with two attached hydrogens (primary N) is 1. The van der Waals surface area contributed by atoms with Crippen molar-refractivity contribution in [3.8, 4) is 11.5 Å². The first-order valence-electron chi connectivity index (χ1n) is 10.2. The number of anilines is 4. The van der Waals surface area contributed by atoms with E-state index in [0.717, 1.165) is 43.4 Å². The van der Waals surface area contributed by atoms with Crippen molar-refractivity contribution in [2.75, 3.05) is 56.3 Å². The lowest BCUT2D eigenvalue weighted by Gasteiger charge is -2.35. The summed E-state index contributed by atoms with van der Waals surface area (Å²) in [4.78, 5) is 17.8. The van der Waals surface area contributed by atoms with E-state index in [4.69, 9.17) is 15.2 Å². The van der Waals surface area contributed by atoms with Gasteiger partial charge >= 0.3 is 0 Å². The van der Waals surface area contributed by atoms with Gasteiger partial charge in [0.1, 0.15) is 17.3 Å². The zero-order valence-corrected chi connectivity index (χ0v) is 17.8. The van der Waals surface area contributed by atoms with Crippen molar-refractivity contribution in [3.05, 3.63) is 54.4 Å². The molecule has 9 nitrogen and oxygen atoms in total. The molecule has 0 bridgehead atoms. The third-order valence-corrected chi connectivity index (χ3v) is 5.20. The lowest BCUT2D eigenvalue weighted by Crippen LogP contribution is -2.46. The van der Waals surface area contributed by atoms with E-state index in [-0.39, 0.29) is 5.95 Å². The molecular formula is C22H27N7O2. The molecule has 1 aliphatic rings. The minimum atomic E-state index is 0.201. The van der Waals surface area contributed by atoms with Gasteiger partial charge in [-0.25, -0.2) is 0 Å². The average molecular weight is 422 g/mol. The maximum absolute atomic E-state index is 5.93. The van der Waals surface area contributed by atoms with E-state index in [1.807, 2.05) is 36.4 Å². The van der Waals surface area contributed by atoms with E-state index < -0.39 is 0 Å². The van der Waals surface area contributed by atoms with Crippen LogP contribution in [0.2, 0.25) is 0 Å². The summed E-state index contributed by atoms with van der Waals surface area (Å²) in [5, 5.41) is 3.18. The molecule has 162 valence electrons. The Bertz CT molecular complexity index is 1000. The van der Waals surface area contributed by atoms with Gasteiger partial charge < -0.3 is 25.4 Å². The fourth-order valence-electron chi connectivity index (χ4n) is 3.55. The Balaban J connectivity index is 1.37. The van der Waals surface area contributed by atoms with Gasteiger partial charge in [-0.2, -0.15) is 15.0 Å². The van der Waals surface area contributed by atoms with Crippen LogP contribution in [0.5, 0.6) is 11.5 Å². The molecule has 9 heteroatoms. The van der Waals surface area contributed by atoms with Crippen LogP contribution in [-0.4, -0.2) is 60.3 Å². The Kier molecular flexibility index (Phi) is 6.32. The highest BCUT2D eigenvalue weighted by atomic mass is 16.5. The van der Waals surface area contributed by atoms with Gasteiger partial charge in [0.05, 0.1) is 20.8 Å². The first kappa shape index (κ1) is 20.7. The van der Waals surface area contributed by atoms with Crippen LogP contribution in [0, 0.1) is 0 Å². The molecule has 4 rings (SSSR count). The lowest BCUT2D eigenvalue weighted by atomic mass is 10.2. The van der Waals surface area contributed by atoms with Crippen molar-refractivity contribution in [2.45, 2.75) is 6.54 Å². The summed E-state index contributed by atoms with van der Waals surface area (Å²) in [6, 6.07) is 15.7. The van der Waals surface area contributed by atoms with Crippen LogP contribution in [0.3, 0.4) is 0 Å². The predicted octanol–water partition coefficient (Wildman–Crippen LogP) is 2.54. The molecule has 0 saturated carbocycles. The summed E-state index contributed by atoms with van der Waals surface area (Å²) in [6.07, 6.45) is 0. The number of nitrogens with one attached hydrogen (secondary N) is 1. The number of rotatable bonds is 7. The fraction of sp³-hybridized carbons (Fsp3) is 0.318. The van der Waals surface area contributed by atoms with Gasteiger partial charge in [0.2, 0.25) is 11.9 Å². The highest BCUT2D eigenvalue weighted by molar-refractivity contribution is 5.56. The van der Waals surface area contributed by atoms with Crippen LogP contribution in [0.4, 0.5) is 23.3 Å². The first-order chi connectivity index (χ1) is 15.1. The number of aromatic nitrogens is 3. The number of piperazine rings is 1. The molecule has 0 unspecified atom stereocenters. The van der Waals surface area contributed by atoms with Crippen LogP contribution >= 0.6 is 0 Å². The van der Waals surface area contributed by atoms with Crippen molar-refractivity contribution >= 4 is 23.3 Å². The predicted molar refractivity (Wildman–Crippen MR) is 121 cm³/mol. The summed E-state index contributed by atoms with van der Waals surface area (Å²) < 4.78 is 10.5. The molecule has 0 aliphatic carbocycles. The smallest absolute Gasteiger partial charge is 0.232 e. The second-order valence-corrected chi connectivity index (χ2v) is 7.25. The Labute approximate surface area is 181 Å². The van der Waals surface area contributed by atoms with E-state index in [1.165, 1.54) is 5.69 Å². The molecule has 2 aromatic carbocycles. The van der Waals surface area contributed by atoms with E-state index in [0.29, 0.717) is 18.3 Å². The summed E-state index contributed by atoms with van der Waals surface area (Å²) in [5.74, 6) is 2.89. The number of hydrogen-bond donors (Lipinski definition) is 2. The van der Waals surface area contributed by atoms with E-state index in [1.54, 1.807) is 14.2 Å². The van der Waals surface area contributed by atoms with E-state index in [2.05, 4.69) is 42.2 Å². The second-order valence-electron chi connectivity index (χ2n) is 7.25. The third kappa shape index (κ3) is 5.32. The Morgan fingerprint density at radius 1 is 0.903 bits per heavy atom. The zero-order chi connectivity index (χ0) is 21.6. The van der Waals surface area contributed by atoms with Crippen molar-refractivity contribution in [1.29, 1.82) is 0 Å². The van der Waals surface area contributed by atoms with Crippen molar-refractivity contribution in [1.82, 2.24) is 19.9 Å². The average Bonchev–Trinajstić information content (AvgIpc) is 2.79. The molecular weight excluding hydrogens is 394 g/mol. The van der Waals surface area contributed by atoms with Crippen LogP contribution in [0.25, 0.3) is 0 Å². The van der Waals surface area contributed by atoms with E-state index >= 15 is 0 Å². The second kappa shape index (κ2) is 9.48. The number of nitrogens with zero attached hydrogens (tertiary/aromatic N) is 5. The number of ether oxygens (including phenoxy) is 2. The standard InChI is InChI=1S/C22H27N7O2/c1-30-18-8-6-17(7-9-18)29-12-10-28(11-13-29)15-20-25-21(23)27-22(26-20)24-16-4-3-5-19(14-16)31-2/h3-9,14H,10-13,15H2,1-2H3,(H3,23,24,25,26,27). The Morgan fingerprint density at radius 2 is 1.65 bits per heavy atom. The topological polar surface area (TPSA) is 102 Å². The highest BCUT2D eigenvalue weighted by Crippen LogP contribution is 2.22. The summed E-state index contributed by atoms with van der Waals surface area (Å²) >= 11 is 0. The largest absolute Gasteiger partial charge is 0.497 e. The Morgan fingerprint density at radius 3 is 2.35 bits per heavy atom. The quantitative estimate of drug-likeness (QED) is 0.596. The van der Waals surface area contributed by atoms with Crippen LogP contribution < -0.4 is 25.4 Å². The molecule has 2 heterocycles. The van der Waals surface area contributed by atoms with Crippen molar-refractivity contribution < 1.29 is 9.47 Å². The molecule has 0 spiro atoms.